The molecule has 134 valence electrons. The van der Waals surface area contributed by atoms with E-state index in [-0.39, 0.29) is 11.6 Å². The van der Waals surface area contributed by atoms with Gasteiger partial charge in [-0.2, -0.15) is 0 Å². The SMILES string of the molecule is COc1ccc(C=C2N=C(c3cccc(Br)c3)OC2=O)c(OC)c1OC. The molecule has 2 aromatic carbocycles. The molecule has 7 heteroatoms. The zero-order chi connectivity index (χ0) is 18.7. The number of rotatable bonds is 5. The van der Waals surface area contributed by atoms with Crippen molar-refractivity contribution in [2.75, 3.05) is 21.3 Å². The first-order valence-electron chi connectivity index (χ1n) is 7.65. The normalized spacial score (nSPS) is 14.8. The Morgan fingerprint density at radius 2 is 1.81 bits per heavy atom. The summed E-state index contributed by atoms with van der Waals surface area (Å²) in [6.07, 6.45) is 1.59. The summed E-state index contributed by atoms with van der Waals surface area (Å²) < 4.78 is 22.2. The van der Waals surface area contributed by atoms with Crippen molar-refractivity contribution >= 4 is 33.9 Å². The van der Waals surface area contributed by atoms with E-state index in [9.17, 15) is 4.79 Å². The summed E-state index contributed by atoms with van der Waals surface area (Å²) >= 11 is 3.39. The minimum Gasteiger partial charge on any atom is -0.493 e. The molecule has 0 N–H and O–H groups in total. The largest absolute Gasteiger partial charge is 0.493 e. The number of hydrogen-bond acceptors (Lipinski definition) is 6. The van der Waals surface area contributed by atoms with E-state index >= 15 is 0 Å². The molecule has 26 heavy (non-hydrogen) atoms. The molecule has 0 radical (unpaired) electrons. The van der Waals surface area contributed by atoms with Gasteiger partial charge in [-0.1, -0.05) is 22.0 Å². The molecule has 0 fully saturated rings. The minimum atomic E-state index is -0.531. The van der Waals surface area contributed by atoms with E-state index in [2.05, 4.69) is 20.9 Å². The lowest BCUT2D eigenvalue weighted by molar-refractivity contribution is -0.129. The first-order chi connectivity index (χ1) is 12.6. The van der Waals surface area contributed by atoms with Crippen LogP contribution in [0.2, 0.25) is 0 Å². The third kappa shape index (κ3) is 3.43. The molecule has 0 amide bonds. The summed E-state index contributed by atoms with van der Waals surface area (Å²) in [4.78, 5) is 16.5. The fourth-order valence-electron chi connectivity index (χ4n) is 2.54. The summed E-state index contributed by atoms with van der Waals surface area (Å²) in [6, 6.07) is 10.9. The van der Waals surface area contributed by atoms with Crippen LogP contribution in [-0.4, -0.2) is 33.2 Å². The number of aliphatic imine (C=N–C) groups is 1. The molecular weight excluding hydrogens is 402 g/mol. The van der Waals surface area contributed by atoms with Crippen LogP contribution in [0.3, 0.4) is 0 Å². The van der Waals surface area contributed by atoms with Gasteiger partial charge in [0, 0.05) is 15.6 Å². The Labute approximate surface area is 159 Å². The highest BCUT2D eigenvalue weighted by molar-refractivity contribution is 9.10. The van der Waals surface area contributed by atoms with Gasteiger partial charge in [0.2, 0.25) is 11.6 Å². The number of benzene rings is 2. The molecule has 3 rings (SSSR count). The van der Waals surface area contributed by atoms with E-state index in [0.717, 1.165) is 4.47 Å². The van der Waals surface area contributed by atoms with Gasteiger partial charge < -0.3 is 18.9 Å². The molecule has 0 atom stereocenters. The van der Waals surface area contributed by atoms with E-state index in [1.807, 2.05) is 24.3 Å². The van der Waals surface area contributed by atoms with Crippen molar-refractivity contribution < 1.29 is 23.7 Å². The standard InChI is InChI=1S/C19H16BrNO5/c1-23-15-8-7-11(16(24-2)17(15)25-3)10-14-19(22)26-18(21-14)12-5-4-6-13(20)9-12/h4-10H,1-3H3. The Morgan fingerprint density at radius 3 is 2.46 bits per heavy atom. The number of cyclic esters (lactones) is 1. The van der Waals surface area contributed by atoms with E-state index in [4.69, 9.17) is 18.9 Å². The number of ether oxygens (including phenoxy) is 4. The summed E-state index contributed by atoms with van der Waals surface area (Å²) in [5.41, 5.74) is 1.50. The predicted octanol–water partition coefficient (Wildman–Crippen LogP) is 3.82. The molecule has 0 bridgehead atoms. The molecule has 0 spiro atoms. The Hall–Kier alpha value is -2.80. The molecule has 0 saturated heterocycles. The third-order valence-corrected chi connectivity index (χ3v) is 4.21. The zero-order valence-electron chi connectivity index (χ0n) is 14.4. The van der Waals surface area contributed by atoms with Gasteiger partial charge in [0.15, 0.2) is 17.2 Å². The van der Waals surface area contributed by atoms with Crippen LogP contribution in [-0.2, 0) is 9.53 Å². The van der Waals surface area contributed by atoms with Gasteiger partial charge >= 0.3 is 5.97 Å². The summed E-state index contributed by atoms with van der Waals surface area (Å²) in [5.74, 6) is 1.13. The Kier molecular flexibility index (Phi) is 5.27. The average molecular weight is 418 g/mol. The highest BCUT2D eigenvalue weighted by Gasteiger charge is 2.25. The van der Waals surface area contributed by atoms with E-state index < -0.39 is 5.97 Å². The summed E-state index contributed by atoms with van der Waals surface area (Å²) in [6.45, 7) is 0. The quantitative estimate of drug-likeness (QED) is 0.546. The number of halogens is 1. The fraction of sp³-hybridized carbons (Fsp3) is 0.158. The maximum atomic E-state index is 12.2. The van der Waals surface area contributed by atoms with Crippen LogP contribution in [0.4, 0.5) is 0 Å². The number of esters is 1. The van der Waals surface area contributed by atoms with Crippen molar-refractivity contribution in [2.45, 2.75) is 0 Å². The van der Waals surface area contributed by atoms with Crippen LogP contribution in [0, 0.1) is 0 Å². The lowest BCUT2D eigenvalue weighted by atomic mass is 10.1. The number of methoxy groups -OCH3 is 3. The molecule has 6 nitrogen and oxygen atoms in total. The molecule has 0 unspecified atom stereocenters. The van der Waals surface area contributed by atoms with Crippen molar-refractivity contribution in [1.82, 2.24) is 0 Å². The highest BCUT2D eigenvalue weighted by atomic mass is 79.9. The lowest BCUT2D eigenvalue weighted by Crippen LogP contribution is -2.05. The van der Waals surface area contributed by atoms with Gasteiger partial charge in [0.25, 0.3) is 0 Å². The van der Waals surface area contributed by atoms with E-state index in [1.54, 1.807) is 25.3 Å². The second kappa shape index (κ2) is 7.61. The second-order valence-corrected chi connectivity index (χ2v) is 6.19. The number of nitrogens with zero attached hydrogens (tertiary/aromatic N) is 1. The molecule has 0 saturated carbocycles. The van der Waals surface area contributed by atoms with Crippen LogP contribution in [0.15, 0.2) is 51.6 Å². The van der Waals surface area contributed by atoms with Crippen LogP contribution in [0.5, 0.6) is 17.2 Å². The van der Waals surface area contributed by atoms with Gasteiger partial charge in [-0.3, -0.25) is 0 Å². The van der Waals surface area contributed by atoms with Gasteiger partial charge in [-0.05, 0) is 36.4 Å². The van der Waals surface area contributed by atoms with Crippen molar-refractivity contribution in [3.8, 4) is 17.2 Å². The second-order valence-electron chi connectivity index (χ2n) is 5.27. The Morgan fingerprint density at radius 1 is 1.04 bits per heavy atom. The fourth-order valence-corrected chi connectivity index (χ4v) is 2.94. The Bertz CT molecular complexity index is 920. The monoisotopic (exact) mass is 417 g/mol. The molecular formula is C19H16BrNO5. The first kappa shape index (κ1) is 18.0. The topological polar surface area (TPSA) is 66.4 Å². The lowest BCUT2D eigenvalue weighted by Gasteiger charge is -2.14. The number of hydrogen-bond donors (Lipinski definition) is 0. The molecule has 1 aliphatic rings. The maximum Gasteiger partial charge on any atom is 0.363 e. The maximum absolute atomic E-state index is 12.2. The van der Waals surface area contributed by atoms with Crippen molar-refractivity contribution in [3.05, 3.63) is 57.7 Å². The average Bonchev–Trinajstić information content (AvgIpc) is 3.01. The molecule has 1 heterocycles. The smallest absolute Gasteiger partial charge is 0.363 e. The molecule has 0 aliphatic carbocycles. The van der Waals surface area contributed by atoms with Crippen LogP contribution in [0.1, 0.15) is 11.1 Å². The number of carbonyl (C=O) groups excluding carboxylic acids is 1. The third-order valence-electron chi connectivity index (χ3n) is 3.72. The summed E-state index contributed by atoms with van der Waals surface area (Å²) in [7, 11) is 4.57. The molecule has 0 aromatic heterocycles. The van der Waals surface area contributed by atoms with Gasteiger partial charge in [0.05, 0.1) is 21.3 Å². The summed E-state index contributed by atoms with van der Waals surface area (Å²) in [5, 5.41) is 0. The Balaban J connectivity index is 2.03. The van der Waals surface area contributed by atoms with Crippen molar-refractivity contribution in [1.29, 1.82) is 0 Å². The van der Waals surface area contributed by atoms with Crippen LogP contribution >= 0.6 is 15.9 Å². The minimum absolute atomic E-state index is 0.172. The molecule has 2 aromatic rings. The van der Waals surface area contributed by atoms with E-state index in [1.165, 1.54) is 14.2 Å². The van der Waals surface area contributed by atoms with Crippen LogP contribution < -0.4 is 14.2 Å². The zero-order valence-corrected chi connectivity index (χ0v) is 16.0. The van der Waals surface area contributed by atoms with Gasteiger partial charge in [0.1, 0.15) is 0 Å². The van der Waals surface area contributed by atoms with Gasteiger partial charge in [-0.15, -0.1) is 0 Å². The van der Waals surface area contributed by atoms with Crippen molar-refractivity contribution in [3.63, 3.8) is 0 Å². The number of carbonyl (C=O) groups is 1. The molecule has 1 aliphatic heterocycles. The highest BCUT2D eigenvalue weighted by Crippen LogP contribution is 2.40. The van der Waals surface area contributed by atoms with Gasteiger partial charge in [-0.25, -0.2) is 9.79 Å². The first-order valence-corrected chi connectivity index (χ1v) is 8.44. The predicted molar refractivity (Wildman–Crippen MR) is 101 cm³/mol. The van der Waals surface area contributed by atoms with Crippen LogP contribution in [0.25, 0.3) is 6.08 Å². The van der Waals surface area contributed by atoms with E-state index in [0.29, 0.717) is 28.4 Å². The van der Waals surface area contributed by atoms with Crippen molar-refractivity contribution in [2.24, 2.45) is 4.99 Å².